The Balaban J connectivity index is 1.96. The fraction of sp³-hybridized carbons (Fsp3) is 0.857. The molecular weight excluding hydrogens is 224 g/mol. The molecule has 102 valence electrons. The standard InChI is InChI=1S/C14H26N4/c1-14(2,3)12-7-5-6-8-13(12)15-9-11-10-16-17-18(11)4/h10,12-13,15H,5-9H2,1-4H3. The summed E-state index contributed by atoms with van der Waals surface area (Å²) in [6, 6.07) is 0.633. The van der Waals surface area contributed by atoms with Crippen molar-refractivity contribution in [2.24, 2.45) is 18.4 Å². The Labute approximate surface area is 110 Å². The van der Waals surface area contributed by atoms with Gasteiger partial charge in [0.2, 0.25) is 0 Å². The zero-order valence-electron chi connectivity index (χ0n) is 12.1. The molecule has 0 aliphatic heterocycles. The van der Waals surface area contributed by atoms with E-state index in [1.165, 1.54) is 25.7 Å². The zero-order chi connectivity index (χ0) is 13.2. The van der Waals surface area contributed by atoms with Gasteiger partial charge in [-0.05, 0) is 24.2 Å². The maximum absolute atomic E-state index is 3.97. The lowest BCUT2D eigenvalue weighted by molar-refractivity contribution is 0.129. The van der Waals surface area contributed by atoms with E-state index in [4.69, 9.17) is 0 Å². The van der Waals surface area contributed by atoms with E-state index in [0.717, 1.165) is 18.2 Å². The van der Waals surface area contributed by atoms with Crippen molar-refractivity contribution in [2.75, 3.05) is 0 Å². The first kappa shape index (κ1) is 13.5. The van der Waals surface area contributed by atoms with Gasteiger partial charge in [-0.15, -0.1) is 5.10 Å². The van der Waals surface area contributed by atoms with Gasteiger partial charge in [0.05, 0.1) is 11.9 Å². The highest BCUT2D eigenvalue weighted by Crippen LogP contribution is 2.38. The third-order valence-corrected chi connectivity index (χ3v) is 4.23. The topological polar surface area (TPSA) is 42.7 Å². The third kappa shape index (κ3) is 3.10. The quantitative estimate of drug-likeness (QED) is 0.896. The van der Waals surface area contributed by atoms with Crippen molar-refractivity contribution < 1.29 is 0 Å². The van der Waals surface area contributed by atoms with Crippen LogP contribution in [0.15, 0.2) is 6.20 Å². The summed E-state index contributed by atoms with van der Waals surface area (Å²) < 4.78 is 1.85. The summed E-state index contributed by atoms with van der Waals surface area (Å²) in [5.41, 5.74) is 1.55. The molecule has 1 aromatic rings. The summed E-state index contributed by atoms with van der Waals surface area (Å²) in [5.74, 6) is 0.771. The van der Waals surface area contributed by atoms with E-state index in [9.17, 15) is 0 Å². The van der Waals surface area contributed by atoms with Gasteiger partial charge in [-0.25, -0.2) is 0 Å². The summed E-state index contributed by atoms with van der Waals surface area (Å²) in [4.78, 5) is 0. The van der Waals surface area contributed by atoms with Crippen LogP contribution in [-0.4, -0.2) is 21.0 Å². The molecule has 1 aromatic heterocycles. The van der Waals surface area contributed by atoms with Crippen molar-refractivity contribution in [1.82, 2.24) is 20.3 Å². The lowest BCUT2D eigenvalue weighted by Gasteiger charge is -2.41. The molecule has 1 heterocycles. The maximum Gasteiger partial charge on any atom is 0.0738 e. The second-order valence-electron chi connectivity index (χ2n) is 6.59. The molecule has 1 aliphatic carbocycles. The van der Waals surface area contributed by atoms with Crippen LogP contribution in [0.25, 0.3) is 0 Å². The van der Waals surface area contributed by atoms with E-state index in [-0.39, 0.29) is 0 Å². The molecule has 18 heavy (non-hydrogen) atoms. The van der Waals surface area contributed by atoms with Gasteiger partial charge in [-0.3, -0.25) is 4.68 Å². The Hall–Kier alpha value is -0.900. The van der Waals surface area contributed by atoms with Crippen molar-refractivity contribution in [3.05, 3.63) is 11.9 Å². The fourth-order valence-corrected chi connectivity index (χ4v) is 3.12. The predicted octanol–water partition coefficient (Wildman–Crippen LogP) is 2.51. The highest BCUT2D eigenvalue weighted by Gasteiger charge is 2.33. The van der Waals surface area contributed by atoms with Gasteiger partial charge in [0.15, 0.2) is 0 Å². The average molecular weight is 250 g/mol. The minimum Gasteiger partial charge on any atom is -0.308 e. The van der Waals surface area contributed by atoms with E-state index in [2.05, 4.69) is 36.4 Å². The van der Waals surface area contributed by atoms with Crippen LogP contribution in [0.2, 0.25) is 0 Å². The van der Waals surface area contributed by atoms with Crippen LogP contribution in [0.5, 0.6) is 0 Å². The molecule has 2 atom stereocenters. The first-order chi connectivity index (χ1) is 8.48. The first-order valence-corrected chi connectivity index (χ1v) is 7.05. The number of hydrogen-bond donors (Lipinski definition) is 1. The molecule has 1 fully saturated rings. The van der Waals surface area contributed by atoms with Crippen molar-refractivity contribution in [3.8, 4) is 0 Å². The van der Waals surface area contributed by atoms with Crippen molar-refractivity contribution in [2.45, 2.75) is 59.0 Å². The lowest BCUT2D eigenvalue weighted by Crippen LogP contribution is -2.44. The smallest absolute Gasteiger partial charge is 0.0738 e. The van der Waals surface area contributed by atoms with Crippen LogP contribution in [0.1, 0.15) is 52.1 Å². The molecule has 0 spiro atoms. The Morgan fingerprint density at radius 3 is 2.67 bits per heavy atom. The van der Waals surface area contributed by atoms with E-state index >= 15 is 0 Å². The fourth-order valence-electron chi connectivity index (χ4n) is 3.12. The van der Waals surface area contributed by atoms with Gasteiger partial charge in [0, 0.05) is 19.6 Å². The largest absolute Gasteiger partial charge is 0.308 e. The minimum absolute atomic E-state index is 0.392. The van der Waals surface area contributed by atoms with Gasteiger partial charge >= 0.3 is 0 Å². The van der Waals surface area contributed by atoms with Crippen molar-refractivity contribution in [1.29, 1.82) is 0 Å². The predicted molar refractivity (Wildman–Crippen MR) is 73.0 cm³/mol. The van der Waals surface area contributed by atoms with Crippen LogP contribution < -0.4 is 5.32 Å². The minimum atomic E-state index is 0.392. The van der Waals surface area contributed by atoms with Crippen molar-refractivity contribution in [3.63, 3.8) is 0 Å². The molecule has 4 nitrogen and oxygen atoms in total. The van der Waals surface area contributed by atoms with E-state index < -0.39 is 0 Å². The van der Waals surface area contributed by atoms with Gasteiger partial charge in [-0.2, -0.15) is 0 Å². The van der Waals surface area contributed by atoms with Crippen LogP contribution in [-0.2, 0) is 13.6 Å². The van der Waals surface area contributed by atoms with Crippen LogP contribution in [0.4, 0.5) is 0 Å². The number of nitrogens with one attached hydrogen (secondary N) is 1. The molecule has 0 saturated heterocycles. The third-order valence-electron chi connectivity index (χ3n) is 4.23. The van der Waals surface area contributed by atoms with Crippen LogP contribution in [0, 0.1) is 11.3 Å². The first-order valence-electron chi connectivity index (χ1n) is 7.05. The van der Waals surface area contributed by atoms with Gasteiger partial charge < -0.3 is 5.32 Å². The molecule has 1 N–H and O–H groups in total. The van der Waals surface area contributed by atoms with E-state index in [1.807, 2.05) is 17.9 Å². The average Bonchev–Trinajstić information content (AvgIpc) is 2.71. The Morgan fingerprint density at radius 1 is 1.33 bits per heavy atom. The molecule has 0 bridgehead atoms. The molecule has 1 saturated carbocycles. The van der Waals surface area contributed by atoms with Gasteiger partial charge in [0.25, 0.3) is 0 Å². The zero-order valence-corrected chi connectivity index (χ0v) is 12.1. The maximum atomic E-state index is 3.97. The van der Waals surface area contributed by atoms with Gasteiger partial charge in [0.1, 0.15) is 0 Å². The monoisotopic (exact) mass is 250 g/mol. The summed E-state index contributed by atoms with van der Waals surface area (Å²) >= 11 is 0. The number of hydrogen-bond acceptors (Lipinski definition) is 3. The Bertz CT molecular complexity index is 377. The summed E-state index contributed by atoms with van der Waals surface area (Å²) in [6.07, 6.45) is 7.24. The highest BCUT2D eigenvalue weighted by molar-refractivity contribution is 4.95. The van der Waals surface area contributed by atoms with E-state index in [0.29, 0.717) is 11.5 Å². The second-order valence-corrected chi connectivity index (χ2v) is 6.59. The normalized spacial score (nSPS) is 25.3. The molecule has 0 radical (unpaired) electrons. The molecular formula is C14H26N4. The highest BCUT2D eigenvalue weighted by atomic mass is 15.4. The number of rotatable bonds is 3. The number of aromatic nitrogens is 3. The SMILES string of the molecule is Cn1nncc1CNC1CCCCC1C(C)(C)C. The van der Waals surface area contributed by atoms with Gasteiger partial charge in [-0.1, -0.05) is 38.8 Å². The molecule has 0 amide bonds. The van der Waals surface area contributed by atoms with Crippen LogP contribution >= 0.6 is 0 Å². The second kappa shape index (κ2) is 5.39. The van der Waals surface area contributed by atoms with Crippen molar-refractivity contribution >= 4 is 0 Å². The summed E-state index contributed by atoms with van der Waals surface area (Å²) in [6.45, 7) is 7.97. The molecule has 1 aliphatic rings. The Morgan fingerprint density at radius 2 is 2.06 bits per heavy atom. The number of nitrogens with zero attached hydrogens (tertiary/aromatic N) is 3. The molecule has 2 rings (SSSR count). The van der Waals surface area contributed by atoms with Crippen LogP contribution in [0.3, 0.4) is 0 Å². The Kier molecular flexibility index (Phi) is 4.05. The molecule has 0 aromatic carbocycles. The molecule has 4 heteroatoms. The van der Waals surface area contributed by atoms with E-state index in [1.54, 1.807) is 0 Å². The number of aryl methyl sites for hydroxylation is 1. The molecule has 2 unspecified atom stereocenters. The summed E-state index contributed by atoms with van der Waals surface area (Å²) in [5, 5.41) is 11.6. The summed E-state index contributed by atoms with van der Waals surface area (Å²) in [7, 11) is 1.95. The lowest BCUT2D eigenvalue weighted by atomic mass is 9.69.